The highest BCUT2D eigenvalue weighted by Crippen LogP contribution is 2.22. The third-order valence-electron chi connectivity index (χ3n) is 3.11. The normalized spacial score (nSPS) is 20.3. The van der Waals surface area contributed by atoms with Gasteiger partial charge in [-0.2, -0.15) is 0 Å². The molecule has 0 spiro atoms. The molecule has 0 bridgehead atoms. The molecule has 2 heterocycles. The van der Waals surface area contributed by atoms with Crippen LogP contribution in [-0.4, -0.2) is 40.9 Å². The number of carboxylic acid groups (broad SMARTS) is 1. The topological polar surface area (TPSA) is 73.7 Å². The number of aliphatic hydroxyl groups excluding tert-OH is 1. The lowest BCUT2D eigenvalue weighted by atomic mass is 9.99. The summed E-state index contributed by atoms with van der Waals surface area (Å²) in [4.78, 5) is 16.7. The molecule has 1 atom stereocenters. The number of anilines is 1. The summed E-state index contributed by atoms with van der Waals surface area (Å²) in [6.07, 6.45) is 3.68. The molecule has 17 heavy (non-hydrogen) atoms. The second-order valence-electron chi connectivity index (χ2n) is 4.34. The number of hydrogen-bond acceptors (Lipinski definition) is 4. The maximum Gasteiger partial charge on any atom is 0.354 e. The van der Waals surface area contributed by atoms with Gasteiger partial charge in [0.1, 0.15) is 5.69 Å². The average molecular weight is 236 g/mol. The van der Waals surface area contributed by atoms with Gasteiger partial charge in [-0.25, -0.2) is 9.78 Å². The number of nitrogens with zero attached hydrogens (tertiary/aromatic N) is 2. The molecule has 5 nitrogen and oxygen atoms in total. The van der Waals surface area contributed by atoms with Crippen molar-refractivity contribution in [3.8, 4) is 0 Å². The van der Waals surface area contributed by atoms with E-state index >= 15 is 0 Å². The third-order valence-corrected chi connectivity index (χ3v) is 3.11. The molecule has 1 aromatic rings. The lowest BCUT2D eigenvalue weighted by Crippen LogP contribution is -2.36. The van der Waals surface area contributed by atoms with E-state index in [1.807, 2.05) is 0 Å². The maximum atomic E-state index is 10.7. The van der Waals surface area contributed by atoms with Crippen molar-refractivity contribution in [3.05, 3.63) is 24.0 Å². The van der Waals surface area contributed by atoms with Gasteiger partial charge in [0.25, 0.3) is 0 Å². The van der Waals surface area contributed by atoms with Gasteiger partial charge >= 0.3 is 5.97 Å². The van der Waals surface area contributed by atoms with Gasteiger partial charge in [0.2, 0.25) is 0 Å². The molecule has 1 aliphatic heterocycles. The van der Waals surface area contributed by atoms with Crippen molar-refractivity contribution in [2.24, 2.45) is 5.92 Å². The summed E-state index contributed by atoms with van der Waals surface area (Å²) in [5, 5.41) is 17.9. The molecule has 0 amide bonds. The quantitative estimate of drug-likeness (QED) is 0.818. The molecule has 0 radical (unpaired) electrons. The Labute approximate surface area is 99.7 Å². The Hall–Kier alpha value is -1.62. The molecule has 0 aliphatic carbocycles. The van der Waals surface area contributed by atoms with E-state index in [-0.39, 0.29) is 12.3 Å². The van der Waals surface area contributed by atoms with E-state index in [4.69, 9.17) is 10.2 Å². The van der Waals surface area contributed by atoms with Crippen LogP contribution in [-0.2, 0) is 0 Å². The van der Waals surface area contributed by atoms with Gasteiger partial charge in [-0.1, -0.05) is 0 Å². The first kappa shape index (κ1) is 11.9. The fraction of sp³-hybridized carbons (Fsp3) is 0.500. The van der Waals surface area contributed by atoms with Gasteiger partial charge in [-0.3, -0.25) is 0 Å². The van der Waals surface area contributed by atoms with E-state index in [9.17, 15) is 4.79 Å². The molecular formula is C12H16N2O3. The molecular weight excluding hydrogens is 220 g/mol. The van der Waals surface area contributed by atoms with Crippen LogP contribution in [0.1, 0.15) is 23.3 Å². The Morgan fingerprint density at radius 2 is 2.35 bits per heavy atom. The first-order valence-electron chi connectivity index (χ1n) is 5.76. The third kappa shape index (κ3) is 2.74. The van der Waals surface area contributed by atoms with Crippen LogP contribution in [0, 0.1) is 5.92 Å². The molecule has 1 aromatic heterocycles. The molecule has 0 saturated carbocycles. The Morgan fingerprint density at radius 3 is 2.94 bits per heavy atom. The number of carboxylic acids is 1. The summed E-state index contributed by atoms with van der Waals surface area (Å²) in [6, 6.07) is 3.29. The van der Waals surface area contributed by atoms with E-state index in [0.717, 1.165) is 31.6 Å². The highest BCUT2D eigenvalue weighted by Gasteiger charge is 2.19. The maximum absolute atomic E-state index is 10.7. The number of pyridine rings is 1. The molecule has 92 valence electrons. The summed E-state index contributed by atoms with van der Waals surface area (Å²) >= 11 is 0. The number of carbonyl (C=O) groups is 1. The zero-order chi connectivity index (χ0) is 12.3. The van der Waals surface area contributed by atoms with Crippen molar-refractivity contribution in [3.63, 3.8) is 0 Å². The van der Waals surface area contributed by atoms with Crippen LogP contribution in [0.5, 0.6) is 0 Å². The van der Waals surface area contributed by atoms with E-state index in [1.165, 1.54) is 6.07 Å². The smallest absolute Gasteiger partial charge is 0.354 e. The van der Waals surface area contributed by atoms with Gasteiger partial charge in [-0.05, 0) is 30.9 Å². The van der Waals surface area contributed by atoms with Crippen LogP contribution in [0.4, 0.5) is 5.69 Å². The number of hydrogen-bond donors (Lipinski definition) is 2. The largest absolute Gasteiger partial charge is 0.477 e. The minimum absolute atomic E-state index is 0.0597. The molecule has 1 fully saturated rings. The highest BCUT2D eigenvalue weighted by molar-refractivity contribution is 5.85. The molecule has 1 saturated heterocycles. The highest BCUT2D eigenvalue weighted by atomic mass is 16.4. The van der Waals surface area contributed by atoms with E-state index < -0.39 is 5.97 Å². The molecule has 2 N–H and O–H groups in total. The number of rotatable bonds is 3. The summed E-state index contributed by atoms with van der Waals surface area (Å²) in [7, 11) is 0. The van der Waals surface area contributed by atoms with E-state index in [2.05, 4.69) is 9.88 Å². The van der Waals surface area contributed by atoms with Crippen LogP contribution < -0.4 is 4.90 Å². The Balaban J connectivity index is 2.08. The van der Waals surface area contributed by atoms with Crippen LogP contribution in [0.15, 0.2) is 18.3 Å². The fourth-order valence-electron chi connectivity index (χ4n) is 2.15. The Bertz CT molecular complexity index is 391. The molecule has 5 heteroatoms. The minimum Gasteiger partial charge on any atom is -0.477 e. The van der Waals surface area contributed by atoms with E-state index in [0.29, 0.717) is 5.92 Å². The minimum atomic E-state index is -1.01. The molecule has 1 aliphatic rings. The predicted molar refractivity (Wildman–Crippen MR) is 63.2 cm³/mol. The van der Waals surface area contributed by atoms with Crippen molar-refractivity contribution < 1.29 is 15.0 Å². The first-order chi connectivity index (χ1) is 8.20. The second-order valence-corrected chi connectivity index (χ2v) is 4.34. The summed E-state index contributed by atoms with van der Waals surface area (Å²) < 4.78 is 0. The zero-order valence-corrected chi connectivity index (χ0v) is 9.54. The van der Waals surface area contributed by atoms with Crippen LogP contribution in [0.3, 0.4) is 0 Å². The lowest BCUT2D eigenvalue weighted by Gasteiger charge is -2.33. The predicted octanol–water partition coefficient (Wildman–Crippen LogP) is 0.988. The van der Waals surface area contributed by atoms with Crippen LogP contribution in [0.25, 0.3) is 0 Å². The van der Waals surface area contributed by atoms with Gasteiger partial charge < -0.3 is 15.1 Å². The standard InChI is InChI=1S/C12H16N2O3/c15-8-9-2-1-5-14(7-9)10-3-4-11(12(16)17)13-6-10/h3-4,6,9,15H,1-2,5,7-8H2,(H,16,17). The van der Waals surface area contributed by atoms with Gasteiger partial charge in [-0.15, -0.1) is 0 Å². The number of aliphatic hydroxyl groups is 1. The second kappa shape index (κ2) is 5.14. The van der Waals surface area contributed by atoms with Crippen molar-refractivity contribution >= 4 is 11.7 Å². The number of aromatic nitrogens is 1. The summed E-state index contributed by atoms with van der Waals surface area (Å²) in [5.74, 6) is -0.702. The first-order valence-corrected chi connectivity index (χ1v) is 5.76. The van der Waals surface area contributed by atoms with Gasteiger partial charge in [0, 0.05) is 19.7 Å². The van der Waals surface area contributed by atoms with Crippen molar-refractivity contribution in [1.82, 2.24) is 4.98 Å². The molecule has 1 unspecified atom stereocenters. The Kier molecular flexibility index (Phi) is 3.58. The molecule has 2 rings (SSSR count). The van der Waals surface area contributed by atoms with E-state index in [1.54, 1.807) is 12.3 Å². The number of aromatic carboxylic acids is 1. The van der Waals surface area contributed by atoms with Crippen molar-refractivity contribution in [2.45, 2.75) is 12.8 Å². The van der Waals surface area contributed by atoms with Crippen LogP contribution in [0.2, 0.25) is 0 Å². The van der Waals surface area contributed by atoms with Crippen molar-refractivity contribution in [2.75, 3.05) is 24.6 Å². The summed E-state index contributed by atoms with van der Waals surface area (Å²) in [6.45, 7) is 1.95. The van der Waals surface area contributed by atoms with Gasteiger partial charge in [0.15, 0.2) is 0 Å². The van der Waals surface area contributed by atoms with Gasteiger partial charge in [0.05, 0.1) is 11.9 Å². The van der Waals surface area contributed by atoms with Crippen molar-refractivity contribution in [1.29, 1.82) is 0 Å². The monoisotopic (exact) mass is 236 g/mol. The summed E-state index contributed by atoms with van der Waals surface area (Å²) in [5.41, 5.74) is 0.984. The van der Waals surface area contributed by atoms with Crippen LogP contribution >= 0.6 is 0 Å². The fourth-order valence-corrected chi connectivity index (χ4v) is 2.15. The average Bonchev–Trinajstić information content (AvgIpc) is 2.39. The zero-order valence-electron chi connectivity index (χ0n) is 9.54. The SMILES string of the molecule is O=C(O)c1ccc(N2CCCC(CO)C2)cn1. The molecule has 0 aromatic carbocycles. The Morgan fingerprint density at radius 1 is 1.53 bits per heavy atom. The number of piperidine rings is 1. The lowest BCUT2D eigenvalue weighted by molar-refractivity contribution is 0.0690.